The van der Waals surface area contributed by atoms with Crippen molar-refractivity contribution in [2.75, 3.05) is 33.0 Å². The molecule has 47 heavy (non-hydrogen) atoms. The molecule has 6 nitrogen and oxygen atoms in total. The first-order valence-electron chi connectivity index (χ1n) is 16.6. The average molecular weight is 669 g/mol. The van der Waals surface area contributed by atoms with E-state index in [0.29, 0.717) is 50.0 Å². The molecular formula is C36H45F5O6. The van der Waals surface area contributed by atoms with Crippen LogP contribution in [0.15, 0.2) is 35.4 Å². The molecule has 260 valence electrons. The van der Waals surface area contributed by atoms with Gasteiger partial charge < -0.3 is 29.5 Å². The SMILES string of the molecule is CC1(C)COC2(CCC3=C4C(CCC3(O)C2)C2CCC(O)(C(F)(F)C(F)(F)F)[C@@]2(C)C[C@@H]4c2ccc(C#CCOCCO)cc2)OC1. The zero-order valence-electron chi connectivity index (χ0n) is 27.2. The van der Waals surface area contributed by atoms with Gasteiger partial charge in [0.05, 0.1) is 32.0 Å². The summed E-state index contributed by atoms with van der Waals surface area (Å²) >= 11 is 0. The Morgan fingerprint density at radius 2 is 1.64 bits per heavy atom. The van der Waals surface area contributed by atoms with Gasteiger partial charge in [0.15, 0.2) is 5.79 Å². The second-order valence-electron chi connectivity index (χ2n) is 15.4. The number of allylic oxidation sites excluding steroid dienone is 1. The molecule has 6 rings (SSSR count). The van der Waals surface area contributed by atoms with Crippen LogP contribution in [0.5, 0.6) is 0 Å². The molecule has 4 fully saturated rings. The Labute approximate surface area is 272 Å². The molecule has 6 atom stereocenters. The van der Waals surface area contributed by atoms with Crippen molar-refractivity contribution in [1.82, 2.24) is 0 Å². The van der Waals surface area contributed by atoms with Gasteiger partial charge >= 0.3 is 12.1 Å². The number of aliphatic hydroxyl groups excluding tert-OH is 1. The Morgan fingerprint density at radius 1 is 0.957 bits per heavy atom. The van der Waals surface area contributed by atoms with Gasteiger partial charge in [0.1, 0.15) is 12.2 Å². The van der Waals surface area contributed by atoms with Crippen LogP contribution in [-0.2, 0) is 14.2 Å². The highest BCUT2D eigenvalue weighted by Crippen LogP contribution is 2.71. The Morgan fingerprint density at radius 3 is 2.28 bits per heavy atom. The lowest BCUT2D eigenvalue weighted by molar-refractivity contribution is -0.362. The molecule has 11 heteroatoms. The van der Waals surface area contributed by atoms with Crippen LogP contribution >= 0.6 is 0 Å². The number of rotatable bonds is 5. The molecule has 4 aliphatic carbocycles. The molecule has 3 N–H and O–H groups in total. The summed E-state index contributed by atoms with van der Waals surface area (Å²) in [5.41, 5.74) is -3.38. The van der Waals surface area contributed by atoms with E-state index in [0.717, 1.165) is 11.1 Å². The molecule has 1 aromatic rings. The van der Waals surface area contributed by atoms with Gasteiger partial charge in [0.2, 0.25) is 0 Å². The largest absolute Gasteiger partial charge is 0.456 e. The van der Waals surface area contributed by atoms with Crippen LogP contribution in [0.2, 0.25) is 0 Å². The fourth-order valence-corrected chi connectivity index (χ4v) is 9.43. The van der Waals surface area contributed by atoms with E-state index in [2.05, 4.69) is 11.8 Å². The van der Waals surface area contributed by atoms with E-state index in [1.165, 1.54) is 6.92 Å². The fraction of sp³-hybridized carbons (Fsp3) is 0.722. The zero-order chi connectivity index (χ0) is 34.1. The van der Waals surface area contributed by atoms with E-state index >= 15 is 8.78 Å². The summed E-state index contributed by atoms with van der Waals surface area (Å²) in [6.07, 6.45) is -4.82. The molecular weight excluding hydrogens is 623 g/mol. The van der Waals surface area contributed by atoms with Crippen LogP contribution in [0.1, 0.15) is 89.2 Å². The molecule has 1 saturated heterocycles. The first-order chi connectivity index (χ1) is 21.9. The van der Waals surface area contributed by atoms with Crippen molar-refractivity contribution < 1.29 is 51.5 Å². The van der Waals surface area contributed by atoms with Gasteiger partial charge in [-0.05, 0) is 73.6 Å². The summed E-state index contributed by atoms with van der Waals surface area (Å²) in [6.45, 7) is 6.64. The number of hydrogen-bond donors (Lipinski definition) is 3. The number of hydrogen-bond acceptors (Lipinski definition) is 6. The fourth-order valence-electron chi connectivity index (χ4n) is 9.43. The lowest BCUT2D eigenvalue weighted by Crippen LogP contribution is -2.65. The molecule has 0 radical (unpaired) electrons. The van der Waals surface area contributed by atoms with Crippen molar-refractivity contribution in [3.8, 4) is 11.8 Å². The summed E-state index contributed by atoms with van der Waals surface area (Å²) in [5, 5.41) is 32.7. The van der Waals surface area contributed by atoms with Crippen molar-refractivity contribution in [3.05, 3.63) is 46.5 Å². The van der Waals surface area contributed by atoms with Crippen LogP contribution in [0.25, 0.3) is 0 Å². The van der Waals surface area contributed by atoms with E-state index in [-0.39, 0.29) is 50.4 Å². The van der Waals surface area contributed by atoms with E-state index in [1.54, 1.807) is 24.3 Å². The molecule has 4 unspecified atom stereocenters. The molecule has 1 aliphatic heterocycles. The Bertz CT molecular complexity index is 1430. The van der Waals surface area contributed by atoms with Crippen molar-refractivity contribution in [2.24, 2.45) is 22.7 Å². The number of aliphatic hydroxyl groups is 3. The number of alkyl halides is 5. The number of halogens is 5. The minimum absolute atomic E-state index is 0.0311. The van der Waals surface area contributed by atoms with Crippen molar-refractivity contribution >= 4 is 0 Å². The minimum atomic E-state index is -5.91. The monoisotopic (exact) mass is 668 g/mol. The maximum Gasteiger partial charge on any atom is 0.456 e. The van der Waals surface area contributed by atoms with Gasteiger partial charge in [0, 0.05) is 35.2 Å². The van der Waals surface area contributed by atoms with E-state index in [1.807, 2.05) is 13.8 Å². The van der Waals surface area contributed by atoms with Crippen LogP contribution in [0.4, 0.5) is 22.0 Å². The molecule has 1 aromatic carbocycles. The predicted octanol–water partition coefficient (Wildman–Crippen LogP) is 6.27. The average Bonchev–Trinajstić information content (AvgIpc) is 3.29. The van der Waals surface area contributed by atoms with E-state index in [9.17, 15) is 23.4 Å². The lowest BCUT2D eigenvalue weighted by Gasteiger charge is -2.59. The molecule has 1 heterocycles. The molecule has 3 saturated carbocycles. The number of benzene rings is 1. The van der Waals surface area contributed by atoms with Gasteiger partial charge in [0.25, 0.3) is 0 Å². The van der Waals surface area contributed by atoms with Crippen molar-refractivity contribution in [2.45, 2.75) is 107 Å². The summed E-state index contributed by atoms with van der Waals surface area (Å²) in [5.74, 6) is -2.01. The number of ether oxygens (including phenoxy) is 3. The summed E-state index contributed by atoms with van der Waals surface area (Å²) < 4.78 is 90.1. The Kier molecular flexibility index (Phi) is 8.71. The summed E-state index contributed by atoms with van der Waals surface area (Å²) in [7, 11) is 0. The molecule has 1 spiro atoms. The smallest absolute Gasteiger partial charge is 0.394 e. The standard InChI is InChI=1S/C36H45F5O6/c1-30(2)21-46-33(47-22-30)14-11-28-29-25(10-13-32(28,43)20-33)27-12-15-34(44,35(37,38)36(39,40)41)31(27,3)19-26(29)24-8-6-23(7-9-24)5-4-17-45-18-16-42/h6-9,25-27,42-44H,10-22H2,1-3H3/t25?,26-,27?,31+,32?,34?/m1/s1. The molecule has 0 amide bonds. The highest BCUT2D eigenvalue weighted by Gasteiger charge is 2.79. The quantitative estimate of drug-likeness (QED) is 0.149. The third-order valence-corrected chi connectivity index (χ3v) is 11.8. The maximum absolute atomic E-state index is 15.3. The minimum Gasteiger partial charge on any atom is -0.394 e. The van der Waals surface area contributed by atoms with Gasteiger partial charge in [-0.15, -0.1) is 0 Å². The Hall–Kier alpha value is -2.07. The van der Waals surface area contributed by atoms with Gasteiger partial charge in [-0.1, -0.05) is 50.3 Å². The normalized spacial score (nSPS) is 36.3. The van der Waals surface area contributed by atoms with Crippen LogP contribution in [-0.4, -0.2) is 77.4 Å². The second kappa shape index (κ2) is 11.8. The van der Waals surface area contributed by atoms with Gasteiger partial charge in [-0.3, -0.25) is 0 Å². The third-order valence-electron chi connectivity index (χ3n) is 11.8. The van der Waals surface area contributed by atoms with Gasteiger partial charge in [-0.2, -0.15) is 22.0 Å². The predicted molar refractivity (Wildman–Crippen MR) is 162 cm³/mol. The van der Waals surface area contributed by atoms with Crippen molar-refractivity contribution in [3.63, 3.8) is 0 Å². The van der Waals surface area contributed by atoms with E-state index in [4.69, 9.17) is 19.3 Å². The first-order valence-corrected chi connectivity index (χ1v) is 16.6. The Balaban J connectivity index is 1.41. The van der Waals surface area contributed by atoms with Crippen molar-refractivity contribution in [1.29, 1.82) is 0 Å². The van der Waals surface area contributed by atoms with Gasteiger partial charge in [-0.25, -0.2) is 0 Å². The first kappa shape index (κ1) is 34.8. The zero-order valence-corrected chi connectivity index (χ0v) is 27.2. The van der Waals surface area contributed by atoms with Crippen LogP contribution < -0.4 is 0 Å². The summed E-state index contributed by atoms with van der Waals surface area (Å²) in [6, 6.07) is 7.15. The molecule has 0 aromatic heterocycles. The molecule has 5 aliphatic rings. The number of fused-ring (bicyclic) bond motifs is 4. The lowest BCUT2D eigenvalue weighted by atomic mass is 9.49. The van der Waals surface area contributed by atoms with E-state index < -0.39 is 52.8 Å². The highest BCUT2D eigenvalue weighted by atomic mass is 19.4. The topological polar surface area (TPSA) is 88.4 Å². The second-order valence-corrected chi connectivity index (χ2v) is 15.4. The summed E-state index contributed by atoms with van der Waals surface area (Å²) in [4.78, 5) is 0. The maximum atomic E-state index is 15.3. The third kappa shape index (κ3) is 5.65. The molecule has 0 bridgehead atoms. The highest BCUT2D eigenvalue weighted by molar-refractivity contribution is 5.46. The van der Waals surface area contributed by atoms with Crippen LogP contribution in [0, 0.1) is 34.5 Å². The van der Waals surface area contributed by atoms with Crippen LogP contribution in [0.3, 0.4) is 0 Å².